The van der Waals surface area contributed by atoms with Crippen LogP contribution in [0.1, 0.15) is 55.6 Å². The van der Waals surface area contributed by atoms with Crippen LogP contribution in [0.3, 0.4) is 0 Å². The molecule has 152 valence electrons. The number of hydrogen-bond donors (Lipinski definition) is 2. The van der Waals surface area contributed by atoms with Crippen LogP contribution in [0.15, 0.2) is 29.2 Å². The number of fused-ring (bicyclic) bond motifs is 1. The molecule has 1 atom stereocenters. The topological polar surface area (TPSA) is 79.3 Å². The molecule has 1 aliphatic carbocycles. The zero-order valence-electron chi connectivity index (χ0n) is 16.4. The lowest BCUT2D eigenvalue weighted by molar-refractivity contribution is 0.0929. The van der Waals surface area contributed by atoms with Gasteiger partial charge in [-0.2, -0.15) is 5.10 Å². The van der Waals surface area contributed by atoms with E-state index in [1.165, 1.54) is 16.6 Å². The molecule has 1 saturated carbocycles. The van der Waals surface area contributed by atoms with E-state index in [0.29, 0.717) is 28.3 Å². The van der Waals surface area contributed by atoms with E-state index in [4.69, 9.17) is 11.6 Å². The molecule has 0 unspecified atom stereocenters. The second-order valence-electron chi connectivity index (χ2n) is 7.94. The molecule has 8 heteroatoms. The van der Waals surface area contributed by atoms with Gasteiger partial charge in [-0.1, -0.05) is 31.5 Å². The molecule has 2 aromatic heterocycles. The second kappa shape index (κ2) is 7.30. The predicted octanol–water partition coefficient (Wildman–Crippen LogP) is 4.13. The van der Waals surface area contributed by atoms with Crippen LogP contribution < -0.4 is 10.9 Å². The average Bonchev–Trinajstić information content (AvgIpc) is 3.43. The molecular formula is C21H22ClFN4O2. The SMILES string of the molecule is CC(C)c1c(C(=O)N[C@H](C)C2CC2)nn2cc(-c3ccc(Cl)c(F)c3)[nH]c(=O)c12. The van der Waals surface area contributed by atoms with Crippen LogP contribution in [0.4, 0.5) is 4.39 Å². The lowest BCUT2D eigenvalue weighted by Crippen LogP contribution is -2.34. The highest BCUT2D eigenvalue weighted by Gasteiger charge is 2.31. The molecule has 1 fully saturated rings. The van der Waals surface area contributed by atoms with Crippen molar-refractivity contribution >= 4 is 23.0 Å². The molecule has 1 aromatic carbocycles. The van der Waals surface area contributed by atoms with Gasteiger partial charge in [-0.3, -0.25) is 9.59 Å². The number of amides is 1. The van der Waals surface area contributed by atoms with Crippen molar-refractivity contribution in [3.05, 3.63) is 56.8 Å². The van der Waals surface area contributed by atoms with Gasteiger partial charge in [0.2, 0.25) is 0 Å². The fraction of sp³-hybridized carbons (Fsp3) is 0.381. The van der Waals surface area contributed by atoms with Crippen molar-refractivity contribution in [3.63, 3.8) is 0 Å². The molecule has 0 radical (unpaired) electrons. The molecule has 0 aliphatic heterocycles. The van der Waals surface area contributed by atoms with E-state index < -0.39 is 5.82 Å². The van der Waals surface area contributed by atoms with E-state index in [-0.39, 0.29) is 34.1 Å². The van der Waals surface area contributed by atoms with Crippen molar-refractivity contribution < 1.29 is 9.18 Å². The van der Waals surface area contributed by atoms with E-state index in [1.54, 1.807) is 12.3 Å². The molecule has 6 nitrogen and oxygen atoms in total. The number of aromatic amines is 1. The molecule has 0 spiro atoms. The Kier molecular flexibility index (Phi) is 4.94. The minimum absolute atomic E-state index is 0.00194. The van der Waals surface area contributed by atoms with Crippen LogP contribution in [0, 0.1) is 11.7 Å². The van der Waals surface area contributed by atoms with Gasteiger partial charge in [0, 0.05) is 17.2 Å². The van der Waals surface area contributed by atoms with E-state index in [0.717, 1.165) is 12.8 Å². The predicted molar refractivity (Wildman–Crippen MR) is 110 cm³/mol. The number of hydrogen-bond acceptors (Lipinski definition) is 3. The fourth-order valence-electron chi connectivity index (χ4n) is 3.62. The molecule has 3 aromatic rings. The van der Waals surface area contributed by atoms with E-state index >= 15 is 0 Å². The highest BCUT2D eigenvalue weighted by Crippen LogP contribution is 2.33. The van der Waals surface area contributed by atoms with Gasteiger partial charge < -0.3 is 10.3 Å². The lowest BCUT2D eigenvalue weighted by atomic mass is 10.0. The Hall–Kier alpha value is -2.67. The maximum Gasteiger partial charge on any atom is 0.274 e. The third-order valence-corrected chi connectivity index (χ3v) is 5.68. The lowest BCUT2D eigenvalue weighted by Gasteiger charge is -2.13. The molecule has 0 saturated heterocycles. The summed E-state index contributed by atoms with van der Waals surface area (Å²) in [5.41, 5.74) is 1.62. The summed E-state index contributed by atoms with van der Waals surface area (Å²) in [6.07, 6.45) is 3.82. The Morgan fingerprint density at radius 1 is 1.34 bits per heavy atom. The average molecular weight is 417 g/mol. The van der Waals surface area contributed by atoms with Gasteiger partial charge >= 0.3 is 0 Å². The van der Waals surface area contributed by atoms with Gasteiger partial charge in [-0.05, 0) is 43.7 Å². The summed E-state index contributed by atoms with van der Waals surface area (Å²) in [5, 5.41) is 7.42. The van der Waals surface area contributed by atoms with Gasteiger partial charge in [0.1, 0.15) is 11.3 Å². The zero-order valence-corrected chi connectivity index (χ0v) is 17.2. The first-order valence-corrected chi connectivity index (χ1v) is 10.1. The summed E-state index contributed by atoms with van der Waals surface area (Å²) < 4.78 is 15.3. The molecule has 2 heterocycles. The van der Waals surface area contributed by atoms with E-state index in [1.807, 2.05) is 20.8 Å². The van der Waals surface area contributed by atoms with Crippen molar-refractivity contribution in [2.75, 3.05) is 0 Å². The number of nitrogens with one attached hydrogen (secondary N) is 2. The quantitative estimate of drug-likeness (QED) is 0.656. The number of halogens is 2. The minimum atomic E-state index is -0.581. The standard InChI is InChI=1S/C21H22ClFN4O2/c1-10(2)17-18(20(28)24-11(3)12-4-5-12)26-27-9-16(25-21(29)19(17)27)13-6-7-14(22)15(23)8-13/h6-12H,4-5H2,1-3H3,(H,24,28)(H,25,29)/t11-/m1/s1. The summed E-state index contributed by atoms with van der Waals surface area (Å²) in [4.78, 5) is 28.5. The summed E-state index contributed by atoms with van der Waals surface area (Å²) >= 11 is 5.75. The van der Waals surface area contributed by atoms with Crippen LogP contribution in [0.5, 0.6) is 0 Å². The summed E-state index contributed by atoms with van der Waals surface area (Å²) in [6, 6.07) is 4.35. The van der Waals surface area contributed by atoms with E-state index in [2.05, 4.69) is 15.4 Å². The maximum atomic E-state index is 13.9. The number of aromatic nitrogens is 3. The molecule has 1 amide bonds. The van der Waals surface area contributed by atoms with Gasteiger partial charge in [-0.15, -0.1) is 0 Å². The number of benzene rings is 1. The van der Waals surface area contributed by atoms with Gasteiger partial charge in [-0.25, -0.2) is 8.91 Å². The first-order valence-electron chi connectivity index (χ1n) is 9.68. The Morgan fingerprint density at radius 2 is 2.07 bits per heavy atom. The highest BCUT2D eigenvalue weighted by molar-refractivity contribution is 6.30. The number of carbonyl (C=O) groups is 1. The van der Waals surface area contributed by atoms with Crippen molar-refractivity contribution in [3.8, 4) is 11.3 Å². The number of carbonyl (C=O) groups excluding carboxylic acids is 1. The highest BCUT2D eigenvalue weighted by atomic mass is 35.5. The largest absolute Gasteiger partial charge is 0.348 e. The monoisotopic (exact) mass is 416 g/mol. The Bertz CT molecular complexity index is 1160. The number of H-pyrrole nitrogens is 1. The van der Waals surface area contributed by atoms with Crippen LogP contribution in [-0.2, 0) is 0 Å². The molecule has 1 aliphatic rings. The summed E-state index contributed by atoms with van der Waals surface area (Å²) in [5.74, 6) is -0.435. The first kappa shape index (κ1) is 19.6. The number of nitrogens with zero attached hydrogens (tertiary/aromatic N) is 2. The van der Waals surface area contributed by atoms with Gasteiger partial charge in [0.25, 0.3) is 11.5 Å². The smallest absolute Gasteiger partial charge is 0.274 e. The molecule has 4 rings (SSSR count). The Morgan fingerprint density at radius 3 is 2.69 bits per heavy atom. The van der Waals surface area contributed by atoms with Crippen LogP contribution in [-0.4, -0.2) is 26.5 Å². The van der Waals surface area contributed by atoms with Crippen molar-refractivity contribution in [1.82, 2.24) is 19.9 Å². The fourth-order valence-corrected chi connectivity index (χ4v) is 3.73. The molecule has 0 bridgehead atoms. The summed E-state index contributed by atoms with van der Waals surface area (Å²) in [6.45, 7) is 5.82. The van der Waals surface area contributed by atoms with Crippen molar-refractivity contribution in [2.24, 2.45) is 5.92 Å². The van der Waals surface area contributed by atoms with Gasteiger partial charge in [0.15, 0.2) is 5.69 Å². The zero-order chi connectivity index (χ0) is 20.9. The second-order valence-corrected chi connectivity index (χ2v) is 8.34. The third kappa shape index (κ3) is 3.67. The molecule has 29 heavy (non-hydrogen) atoms. The Labute approximate surface area is 172 Å². The van der Waals surface area contributed by atoms with Crippen LogP contribution >= 0.6 is 11.6 Å². The minimum Gasteiger partial charge on any atom is -0.348 e. The van der Waals surface area contributed by atoms with Crippen LogP contribution in [0.25, 0.3) is 16.8 Å². The van der Waals surface area contributed by atoms with Crippen molar-refractivity contribution in [2.45, 2.75) is 45.6 Å². The maximum absolute atomic E-state index is 13.9. The van der Waals surface area contributed by atoms with Crippen LogP contribution in [0.2, 0.25) is 5.02 Å². The molecule has 2 N–H and O–H groups in total. The Balaban J connectivity index is 1.82. The van der Waals surface area contributed by atoms with Crippen molar-refractivity contribution in [1.29, 1.82) is 0 Å². The third-order valence-electron chi connectivity index (χ3n) is 5.37. The summed E-state index contributed by atoms with van der Waals surface area (Å²) in [7, 11) is 0. The van der Waals surface area contributed by atoms with Gasteiger partial charge in [0.05, 0.1) is 16.9 Å². The normalized spacial score (nSPS) is 15.1. The number of rotatable bonds is 5. The molecular weight excluding hydrogens is 395 g/mol. The first-order chi connectivity index (χ1) is 13.8. The van der Waals surface area contributed by atoms with E-state index in [9.17, 15) is 14.0 Å².